The van der Waals surface area contributed by atoms with Crippen molar-refractivity contribution in [1.82, 2.24) is 4.98 Å². The lowest BCUT2D eigenvalue weighted by atomic mass is 10.0. The number of fused-ring (bicyclic) bond motifs is 1. The summed E-state index contributed by atoms with van der Waals surface area (Å²) in [5, 5.41) is 5.34. The average Bonchev–Trinajstić information content (AvgIpc) is 2.88. The zero-order chi connectivity index (χ0) is 13.1. The van der Waals surface area contributed by atoms with Crippen molar-refractivity contribution in [2.45, 2.75) is 32.6 Å². The SMILES string of the molecule is CC(=NNc1nc2c(s1)CCCC2)c1ccccc1.[Cl-]. The van der Waals surface area contributed by atoms with E-state index in [9.17, 15) is 0 Å². The Morgan fingerprint density at radius 3 is 2.70 bits per heavy atom. The van der Waals surface area contributed by atoms with Gasteiger partial charge in [-0.25, -0.2) is 4.98 Å². The van der Waals surface area contributed by atoms with E-state index in [4.69, 9.17) is 0 Å². The number of aryl methyl sites for hydroxylation is 2. The fraction of sp³-hybridized carbons (Fsp3) is 0.333. The quantitative estimate of drug-likeness (QED) is 0.675. The third-order valence-electron chi connectivity index (χ3n) is 3.36. The minimum Gasteiger partial charge on any atom is -1.00 e. The summed E-state index contributed by atoms with van der Waals surface area (Å²) in [6.07, 6.45) is 4.86. The van der Waals surface area contributed by atoms with Crippen molar-refractivity contribution in [1.29, 1.82) is 0 Å². The molecule has 1 aromatic heterocycles. The lowest BCUT2D eigenvalue weighted by Crippen LogP contribution is -3.00. The number of nitrogens with one attached hydrogen (secondary N) is 1. The predicted octanol–water partition coefficient (Wildman–Crippen LogP) is 0.862. The molecule has 0 spiro atoms. The molecule has 5 heteroatoms. The number of anilines is 1. The van der Waals surface area contributed by atoms with Crippen molar-refractivity contribution in [3.63, 3.8) is 0 Å². The van der Waals surface area contributed by atoms with Gasteiger partial charge in [-0.05, 0) is 38.2 Å². The van der Waals surface area contributed by atoms with Gasteiger partial charge in [0.25, 0.3) is 0 Å². The molecule has 2 aromatic rings. The highest BCUT2D eigenvalue weighted by molar-refractivity contribution is 7.15. The zero-order valence-electron chi connectivity index (χ0n) is 11.4. The summed E-state index contributed by atoms with van der Waals surface area (Å²) in [7, 11) is 0. The van der Waals surface area contributed by atoms with Gasteiger partial charge in [0.15, 0.2) is 0 Å². The number of thiazole rings is 1. The monoisotopic (exact) mass is 306 g/mol. The summed E-state index contributed by atoms with van der Waals surface area (Å²) >= 11 is 1.74. The highest BCUT2D eigenvalue weighted by atomic mass is 35.5. The van der Waals surface area contributed by atoms with Crippen LogP contribution in [0.5, 0.6) is 0 Å². The van der Waals surface area contributed by atoms with Crippen molar-refractivity contribution < 1.29 is 12.4 Å². The molecule has 106 valence electrons. The third-order valence-corrected chi connectivity index (χ3v) is 4.42. The molecule has 0 saturated carbocycles. The first-order valence-corrected chi connectivity index (χ1v) is 7.49. The number of hydrogen-bond acceptors (Lipinski definition) is 4. The van der Waals surface area contributed by atoms with Crippen LogP contribution in [0.2, 0.25) is 0 Å². The molecule has 1 aromatic carbocycles. The van der Waals surface area contributed by atoms with Gasteiger partial charge in [0, 0.05) is 4.88 Å². The maximum Gasteiger partial charge on any atom is 0.203 e. The van der Waals surface area contributed by atoms with Crippen LogP contribution in [0, 0.1) is 0 Å². The van der Waals surface area contributed by atoms with Crippen LogP contribution in [-0.4, -0.2) is 10.7 Å². The first-order chi connectivity index (χ1) is 9.33. The maximum absolute atomic E-state index is 4.62. The smallest absolute Gasteiger partial charge is 0.203 e. The number of aromatic nitrogens is 1. The Balaban J connectivity index is 0.00000147. The zero-order valence-corrected chi connectivity index (χ0v) is 13.0. The van der Waals surface area contributed by atoms with E-state index in [-0.39, 0.29) is 12.4 Å². The van der Waals surface area contributed by atoms with E-state index >= 15 is 0 Å². The largest absolute Gasteiger partial charge is 1.00 e. The normalized spacial score (nSPS) is 14.3. The van der Waals surface area contributed by atoms with Crippen molar-refractivity contribution in [2.75, 3.05) is 5.43 Å². The van der Waals surface area contributed by atoms with Gasteiger partial charge in [-0.2, -0.15) is 5.10 Å². The molecule has 1 N–H and O–H groups in total. The number of nitrogens with zero attached hydrogens (tertiary/aromatic N) is 2. The fourth-order valence-corrected chi connectivity index (χ4v) is 3.27. The Hall–Kier alpha value is -1.39. The summed E-state index contributed by atoms with van der Waals surface area (Å²) in [4.78, 5) is 6.05. The van der Waals surface area contributed by atoms with Crippen molar-refractivity contribution in [3.8, 4) is 0 Å². The van der Waals surface area contributed by atoms with Gasteiger partial charge in [-0.15, -0.1) is 11.3 Å². The maximum atomic E-state index is 4.62. The minimum atomic E-state index is 0. The fourth-order valence-electron chi connectivity index (χ4n) is 2.28. The lowest BCUT2D eigenvalue weighted by Gasteiger charge is -2.06. The van der Waals surface area contributed by atoms with Crippen LogP contribution in [0.4, 0.5) is 5.13 Å². The average molecular weight is 307 g/mol. The molecule has 1 aliphatic carbocycles. The first kappa shape index (κ1) is 15.0. The van der Waals surface area contributed by atoms with E-state index in [0.29, 0.717) is 0 Å². The van der Waals surface area contributed by atoms with Crippen molar-refractivity contribution >= 4 is 22.2 Å². The summed E-state index contributed by atoms with van der Waals surface area (Å²) in [5.41, 5.74) is 6.48. The Morgan fingerprint density at radius 1 is 1.20 bits per heavy atom. The van der Waals surface area contributed by atoms with Gasteiger partial charge in [0.05, 0.1) is 11.4 Å². The summed E-state index contributed by atoms with van der Waals surface area (Å²) in [5.74, 6) is 0. The molecule has 20 heavy (non-hydrogen) atoms. The molecule has 3 nitrogen and oxygen atoms in total. The first-order valence-electron chi connectivity index (χ1n) is 6.67. The minimum absolute atomic E-state index is 0. The highest BCUT2D eigenvalue weighted by Crippen LogP contribution is 2.29. The Morgan fingerprint density at radius 2 is 1.95 bits per heavy atom. The third kappa shape index (κ3) is 3.38. The van der Waals surface area contributed by atoms with Crippen LogP contribution < -0.4 is 17.8 Å². The van der Waals surface area contributed by atoms with Crippen molar-refractivity contribution in [2.24, 2.45) is 5.10 Å². The van der Waals surface area contributed by atoms with E-state index in [0.717, 1.165) is 22.8 Å². The molecular weight excluding hydrogens is 290 g/mol. The predicted molar refractivity (Wildman–Crippen MR) is 81.0 cm³/mol. The van der Waals surface area contributed by atoms with Crippen LogP contribution >= 0.6 is 11.3 Å². The molecule has 0 saturated heterocycles. The van der Waals surface area contributed by atoms with Crippen LogP contribution in [-0.2, 0) is 12.8 Å². The lowest BCUT2D eigenvalue weighted by molar-refractivity contribution is -0.00000392. The van der Waals surface area contributed by atoms with Gasteiger partial charge in [-0.3, -0.25) is 5.43 Å². The van der Waals surface area contributed by atoms with Crippen LogP contribution in [0.3, 0.4) is 0 Å². The standard InChI is InChI=1S/C15H17N3S.ClH/c1-11(12-7-3-2-4-8-12)17-18-15-16-13-9-5-6-10-14(13)19-15;/h2-4,7-8H,5-6,9-10H2,1H3,(H,16,18);1H/p-1. The van der Waals surface area contributed by atoms with E-state index in [1.165, 1.54) is 29.8 Å². The van der Waals surface area contributed by atoms with Crippen LogP contribution in [0.25, 0.3) is 0 Å². The van der Waals surface area contributed by atoms with E-state index in [1.54, 1.807) is 11.3 Å². The molecule has 0 unspecified atom stereocenters. The van der Waals surface area contributed by atoms with E-state index in [1.807, 2.05) is 25.1 Å². The molecule has 0 radical (unpaired) electrons. The molecule has 0 bridgehead atoms. The second kappa shape index (κ2) is 6.86. The second-order valence-electron chi connectivity index (χ2n) is 4.77. The van der Waals surface area contributed by atoms with Gasteiger partial charge in [0.1, 0.15) is 0 Å². The van der Waals surface area contributed by atoms with Crippen LogP contribution in [0.1, 0.15) is 35.9 Å². The Bertz CT molecular complexity index is 569. The summed E-state index contributed by atoms with van der Waals surface area (Å²) < 4.78 is 0. The molecule has 3 rings (SSSR count). The molecule has 0 amide bonds. The molecule has 1 heterocycles. The second-order valence-corrected chi connectivity index (χ2v) is 5.85. The van der Waals surface area contributed by atoms with Gasteiger partial charge in [-0.1, -0.05) is 30.3 Å². The van der Waals surface area contributed by atoms with Gasteiger partial charge >= 0.3 is 0 Å². The number of hydrazone groups is 1. The van der Waals surface area contributed by atoms with Gasteiger partial charge in [0.2, 0.25) is 5.13 Å². The molecule has 0 atom stereocenters. The molecule has 1 aliphatic rings. The number of halogens is 1. The molecular formula is C15H17ClN3S-. The summed E-state index contributed by atoms with van der Waals surface area (Å²) in [6, 6.07) is 10.2. The molecule has 0 aliphatic heterocycles. The summed E-state index contributed by atoms with van der Waals surface area (Å²) in [6.45, 7) is 2.01. The van der Waals surface area contributed by atoms with Crippen molar-refractivity contribution in [3.05, 3.63) is 46.5 Å². The molecule has 0 fully saturated rings. The Labute approximate surface area is 129 Å². The number of benzene rings is 1. The van der Waals surface area contributed by atoms with E-state index < -0.39 is 0 Å². The number of rotatable bonds is 3. The van der Waals surface area contributed by atoms with Gasteiger partial charge < -0.3 is 12.4 Å². The van der Waals surface area contributed by atoms with E-state index in [2.05, 4.69) is 27.6 Å². The highest BCUT2D eigenvalue weighted by Gasteiger charge is 2.14. The number of hydrogen-bond donors (Lipinski definition) is 1. The Kier molecular flexibility index (Phi) is 5.15. The topological polar surface area (TPSA) is 37.3 Å². The van der Waals surface area contributed by atoms with Crippen LogP contribution in [0.15, 0.2) is 35.4 Å².